The van der Waals surface area contributed by atoms with E-state index in [0.29, 0.717) is 36.8 Å². The molecule has 27 heavy (non-hydrogen) atoms. The zero-order chi connectivity index (χ0) is 19.2. The fourth-order valence-electron chi connectivity index (χ4n) is 2.96. The van der Waals surface area contributed by atoms with Gasteiger partial charge < -0.3 is 19.9 Å². The number of nitrogens with one attached hydrogen (secondary N) is 1. The molecule has 142 valence electrons. The number of carbonyl (C=O) groups is 2. The van der Waals surface area contributed by atoms with Gasteiger partial charge in [-0.3, -0.25) is 4.79 Å². The number of piperazine rings is 1. The highest BCUT2D eigenvalue weighted by Crippen LogP contribution is 2.23. The van der Waals surface area contributed by atoms with Crippen LogP contribution >= 0.6 is 0 Å². The first-order valence-electron chi connectivity index (χ1n) is 8.94. The Balaban J connectivity index is 1.74. The lowest BCUT2D eigenvalue weighted by Crippen LogP contribution is -2.48. The molecule has 0 spiro atoms. The molecule has 2 heterocycles. The van der Waals surface area contributed by atoms with Crippen molar-refractivity contribution in [3.8, 4) is 0 Å². The van der Waals surface area contributed by atoms with E-state index in [-0.39, 0.29) is 11.9 Å². The summed E-state index contributed by atoms with van der Waals surface area (Å²) in [6, 6.07) is 8.99. The number of carbonyl (C=O) groups excluding carboxylic acids is 2. The zero-order valence-electron chi connectivity index (χ0n) is 15.5. The first kappa shape index (κ1) is 18.6. The number of hydrogen-bond donors (Lipinski definition) is 1. The minimum absolute atomic E-state index is 0.0928. The van der Waals surface area contributed by atoms with E-state index in [1.165, 1.54) is 6.33 Å². The minimum Gasteiger partial charge on any atom is -0.462 e. The van der Waals surface area contributed by atoms with Crippen LogP contribution in [0.5, 0.6) is 0 Å². The Morgan fingerprint density at radius 2 is 1.89 bits per heavy atom. The molecule has 8 heteroatoms. The van der Waals surface area contributed by atoms with Crippen molar-refractivity contribution in [3.63, 3.8) is 0 Å². The van der Waals surface area contributed by atoms with Gasteiger partial charge in [0, 0.05) is 39.2 Å². The molecule has 1 aromatic carbocycles. The van der Waals surface area contributed by atoms with E-state index < -0.39 is 0 Å². The normalized spacial score (nSPS) is 14.0. The van der Waals surface area contributed by atoms with Gasteiger partial charge in [-0.1, -0.05) is 12.1 Å². The summed E-state index contributed by atoms with van der Waals surface area (Å²) in [6.07, 6.45) is 1.49. The third-order valence-corrected chi connectivity index (χ3v) is 4.39. The van der Waals surface area contributed by atoms with Crippen LogP contribution in [0, 0.1) is 0 Å². The predicted octanol–water partition coefficient (Wildman–Crippen LogP) is 2.07. The van der Waals surface area contributed by atoms with Gasteiger partial charge in [0.15, 0.2) is 0 Å². The van der Waals surface area contributed by atoms with Gasteiger partial charge in [-0.25, -0.2) is 14.8 Å². The van der Waals surface area contributed by atoms with Crippen LogP contribution in [0.1, 0.15) is 24.2 Å². The number of ether oxygens (including phenoxy) is 1. The van der Waals surface area contributed by atoms with E-state index in [4.69, 9.17) is 4.74 Å². The van der Waals surface area contributed by atoms with Crippen LogP contribution in [0.15, 0.2) is 36.7 Å². The molecule has 2 aromatic rings. The van der Waals surface area contributed by atoms with E-state index in [9.17, 15) is 9.59 Å². The molecule has 0 saturated carbocycles. The molecule has 1 saturated heterocycles. The Bertz CT molecular complexity index is 818. The van der Waals surface area contributed by atoms with Crippen molar-refractivity contribution in [1.82, 2.24) is 14.9 Å². The monoisotopic (exact) mass is 369 g/mol. The highest BCUT2D eigenvalue weighted by molar-refractivity contribution is 5.96. The number of anilines is 3. The van der Waals surface area contributed by atoms with Gasteiger partial charge in [-0.2, -0.15) is 0 Å². The standard InChI is InChI=1S/C19H23N5O3/c1-3-27-19(26)15-6-4-5-7-16(15)22-17-12-18(21-13-20-17)24-10-8-23(9-11-24)14(2)25/h4-7,12-13H,3,8-11H2,1-2H3,(H,20,21,22). The summed E-state index contributed by atoms with van der Waals surface area (Å²) in [6.45, 7) is 6.46. The number of benzene rings is 1. The third-order valence-electron chi connectivity index (χ3n) is 4.39. The van der Waals surface area contributed by atoms with Gasteiger partial charge >= 0.3 is 5.97 Å². The van der Waals surface area contributed by atoms with Gasteiger partial charge in [0.2, 0.25) is 5.91 Å². The summed E-state index contributed by atoms with van der Waals surface area (Å²) in [5.74, 6) is 1.08. The number of amides is 1. The van der Waals surface area contributed by atoms with E-state index in [1.54, 1.807) is 32.0 Å². The molecule has 0 atom stereocenters. The minimum atomic E-state index is -0.379. The second kappa shape index (κ2) is 8.48. The maximum absolute atomic E-state index is 12.1. The smallest absolute Gasteiger partial charge is 0.340 e. The molecular formula is C19H23N5O3. The van der Waals surface area contributed by atoms with E-state index in [1.807, 2.05) is 17.0 Å². The molecule has 1 N–H and O–H groups in total. The van der Waals surface area contributed by atoms with Crippen molar-refractivity contribution in [2.24, 2.45) is 0 Å². The van der Waals surface area contributed by atoms with Crippen LogP contribution in [-0.2, 0) is 9.53 Å². The average Bonchev–Trinajstić information content (AvgIpc) is 2.69. The molecule has 0 aliphatic carbocycles. The van der Waals surface area contributed by atoms with Crippen LogP contribution < -0.4 is 10.2 Å². The maximum atomic E-state index is 12.1. The molecule has 1 aliphatic heterocycles. The van der Waals surface area contributed by atoms with Crippen LogP contribution in [0.4, 0.5) is 17.3 Å². The van der Waals surface area contributed by atoms with E-state index in [0.717, 1.165) is 18.9 Å². The third kappa shape index (κ3) is 4.52. The van der Waals surface area contributed by atoms with Gasteiger partial charge in [0.1, 0.15) is 18.0 Å². The van der Waals surface area contributed by atoms with E-state index >= 15 is 0 Å². The molecule has 0 radical (unpaired) electrons. The quantitative estimate of drug-likeness (QED) is 0.807. The molecule has 1 fully saturated rings. The van der Waals surface area contributed by atoms with Crippen LogP contribution in [0.3, 0.4) is 0 Å². The SMILES string of the molecule is CCOC(=O)c1ccccc1Nc1cc(N2CCN(C(C)=O)CC2)ncn1. The van der Waals surface area contributed by atoms with Gasteiger partial charge in [-0.05, 0) is 19.1 Å². The van der Waals surface area contributed by atoms with Crippen LogP contribution in [0.25, 0.3) is 0 Å². The summed E-state index contributed by atoms with van der Waals surface area (Å²) < 4.78 is 5.10. The molecule has 1 amide bonds. The molecular weight excluding hydrogens is 346 g/mol. The Hall–Kier alpha value is -3.16. The van der Waals surface area contributed by atoms with E-state index in [2.05, 4.69) is 20.2 Å². The number of aromatic nitrogens is 2. The summed E-state index contributed by atoms with van der Waals surface area (Å²) in [5.41, 5.74) is 1.08. The molecule has 3 rings (SSSR count). The van der Waals surface area contributed by atoms with Gasteiger partial charge in [0.05, 0.1) is 17.9 Å². The van der Waals surface area contributed by atoms with Crippen LogP contribution in [0.2, 0.25) is 0 Å². The molecule has 0 unspecified atom stereocenters. The number of esters is 1. The Labute approximate surface area is 158 Å². The van der Waals surface area contributed by atoms with Gasteiger partial charge in [-0.15, -0.1) is 0 Å². The number of hydrogen-bond acceptors (Lipinski definition) is 7. The fourth-order valence-corrected chi connectivity index (χ4v) is 2.96. The van der Waals surface area contributed by atoms with Crippen LogP contribution in [-0.4, -0.2) is 59.5 Å². The van der Waals surface area contributed by atoms with Crippen molar-refractivity contribution < 1.29 is 14.3 Å². The zero-order valence-corrected chi connectivity index (χ0v) is 15.5. The van der Waals surface area contributed by atoms with Gasteiger partial charge in [0.25, 0.3) is 0 Å². The lowest BCUT2D eigenvalue weighted by molar-refractivity contribution is -0.129. The summed E-state index contributed by atoms with van der Waals surface area (Å²) in [4.78, 5) is 36.1. The topological polar surface area (TPSA) is 87.7 Å². The maximum Gasteiger partial charge on any atom is 0.340 e. The Morgan fingerprint density at radius 3 is 2.59 bits per heavy atom. The predicted molar refractivity (Wildman–Crippen MR) is 102 cm³/mol. The van der Waals surface area contributed by atoms with Crippen molar-refractivity contribution in [2.75, 3.05) is 43.0 Å². The first-order chi connectivity index (χ1) is 13.1. The second-order valence-corrected chi connectivity index (χ2v) is 6.15. The Kier molecular flexibility index (Phi) is 5.85. The highest BCUT2D eigenvalue weighted by Gasteiger charge is 2.20. The highest BCUT2D eigenvalue weighted by atomic mass is 16.5. The largest absolute Gasteiger partial charge is 0.462 e. The number of nitrogens with zero attached hydrogens (tertiary/aromatic N) is 4. The summed E-state index contributed by atoms with van der Waals surface area (Å²) >= 11 is 0. The van der Waals surface area contributed by atoms with Crippen molar-refractivity contribution >= 4 is 29.2 Å². The number of rotatable bonds is 5. The lowest BCUT2D eigenvalue weighted by atomic mass is 10.2. The number of para-hydroxylation sites is 1. The summed E-state index contributed by atoms with van der Waals surface area (Å²) in [7, 11) is 0. The molecule has 1 aliphatic rings. The fraction of sp³-hybridized carbons (Fsp3) is 0.368. The van der Waals surface area contributed by atoms with Crippen molar-refractivity contribution in [1.29, 1.82) is 0 Å². The Morgan fingerprint density at radius 1 is 1.15 bits per heavy atom. The summed E-state index contributed by atoms with van der Waals surface area (Å²) in [5, 5.41) is 3.18. The van der Waals surface area contributed by atoms with Crippen molar-refractivity contribution in [2.45, 2.75) is 13.8 Å². The lowest BCUT2D eigenvalue weighted by Gasteiger charge is -2.34. The van der Waals surface area contributed by atoms with Crippen molar-refractivity contribution in [3.05, 3.63) is 42.2 Å². The molecule has 0 bridgehead atoms. The first-order valence-corrected chi connectivity index (χ1v) is 8.94. The second-order valence-electron chi connectivity index (χ2n) is 6.15. The molecule has 8 nitrogen and oxygen atoms in total. The average molecular weight is 369 g/mol. The molecule has 1 aromatic heterocycles.